The molecule has 2 aromatic rings. The average molecular weight is 365 g/mol. The maximum atomic E-state index is 12.6. The van der Waals surface area contributed by atoms with Gasteiger partial charge in [0.2, 0.25) is 0 Å². The summed E-state index contributed by atoms with van der Waals surface area (Å²) in [4.78, 5) is 41.0. The molecule has 0 bridgehead atoms. The number of hydrogen-bond donors (Lipinski definition) is 0. The molecule has 0 aliphatic carbocycles. The van der Waals surface area contributed by atoms with Crippen LogP contribution in [0, 0.1) is 5.41 Å². The van der Waals surface area contributed by atoms with Crippen molar-refractivity contribution >= 4 is 11.8 Å². The van der Waals surface area contributed by atoms with Gasteiger partial charge in [0.05, 0.1) is 6.20 Å². The standard InChI is InChI=1S/C20H23N5O2/c26-18(16-1-7-21-8-2-16)24-11-3-20(4-12-24)5-13-25(14-6-20)19(27)17-15-22-9-10-23-17/h1-2,7-10,15H,3-6,11-14H2. The monoisotopic (exact) mass is 365 g/mol. The first-order chi connectivity index (χ1) is 13.2. The number of carbonyl (C=O) groups excluding carboxylic acids is 2. The number of carbonyl (C=O) groups is 2. The summed E-state index contributed by atoms with van der Waals surface area (Å²) in [6.07, 6.45) is 11.9. The molecular formula is C20H23N5O2. The Bertz CT molecular complexity index is 723. The number of nitrogens with zero attached hydrogens (tertiary/aromatic N) is 5. The van der Waals surface area contributed by atoms with Crippen LogP contribution >= 0.6 is 0 Å². The Balaban J connectivity index is 1.32. The zero-order chi connectivity index (χ0) is 18.7. The third-order valence-electron chi connectivity index (χ3n) is 5.93. The SMILES string of the molecule is O=C(c1ccncc1)N1CCC2(CC1)CCN(C(=O)c1cnccn1)CC2. The van der Waals surface area contributed by atoms with Crippen LogP contribution in [0.2, 0.25) is 0 Å². The highest BCUT2D eigenvalue weighted by Crippen LogP contribution is 2.41. The highest BCUT2D eigenvalue weighted by molar-refractivity contribution is 5.94. The van der Waals surface area contributed by atoms with Gasteiger partial charge >= 0.3 is 0 Å². The molecule has 0 unspecified atom stereocenters. The van der Waals surface area contributed by atoms with Crippen molar-refractivity contribution in [2.45, 2.75) is 25.7 Å². The van der Waals surface area contributed by atoms with Crippen molar-refractivity contribution in [3.05, 3.63) is 54.4 Å². The molecule has 2 amide bonds. The molecule has 2 aromatic heterocycles. The van der Waals surface area contributed by atoms with E-state index in [1.807, 2.05) is 9.80 Å². The van der Waals surface area contributed by atoms with Crippen molar-refractivity contribution < 1.29 is 9.59 Å². The molecule has 7 heteroatoms. The molecule has 1 spiro atoms. The van der Waals surface area contributed by atoms with Crippen LogP contribution < -0.4 is 0 Å². The van der Waals surface area contributed by atoms with E-state index in [4.69, 9.17) is 0 Å². The zero-order valence-corrected chi connectivity index (χ0v) is 15.3. The van der Waals surface area contributed by atoms with Gasteiger partial charge in [0.25, 0.3) is 11.8 Å². The van der Waals surface area contributed by atoms with E-state index in [0.717, 1.165) is 51.9 Å². The lowest BCUT2D eigenvalue weighted by Crippen LogP contribution is -2.49. The number of amides is 2. The molecule has 0 atom stereocenters. The van der Waals surface area contributed by atoms with Crippen LogP contribution in [0.3, 0.4) is 0 Å². The molecular weight excluding hydrogens is 342 g/mol. The predicted molar refractivity (Wildman–Crippen MR) is 99.0 cm³/mol. The molecule has 4 rings (SSSR count). The van der Waals surface area contributed by atoms with Crippen LogP contribution in [0.25, 0.3) is 0 Å². The summed E-state index contributed by atoms with van der Waals surface area (Å²) in [5.74, 6) is 0.0470. The molecule has 7 nitrogen and oxygen atoms in total. The molecule has 2 aliphatic rings. The van der Waals surface area contributed by atoms with Crippen LogP contribution in [0.5, 0.6) is 0 Å². The van der Waals surface area contributed by atoms with Gasteiger partial charge in [0.15, 0.2) is 0 Å². The third kappa shape index (κ3) is 3.67. The van der Waals surface area contributed by atoms with E-state index in [9.17, 15) is 9.59 Å². The largest absolute Gasteiger partial charge is 0.339 e. The smallest absolute Gasteiger partial charge is 0.274 e. The summed E-state index contributed by atoms with van der Waals surface area (Å²) in [6.45, 7) is 3.04. The van der Waals surface area contributed by atoms with E-state index in [0.29, 0.717) is 11.3 Å². The van der Waals surface area contributed by atoms with Crippen LogP contribution in [0.15, 0.2) is 43.1 Å². The normalized spacial score (nSPS) is 19.1. The number of piperidine rings is 2. The number of pyridine rings is 1. The van der Waals surface area contributed by atoms with E-state index >= 15 is 0 Å². The molecule has 2 aliphatic heterocycles. The second-order valence-corrected chi connectivity index (χ2v) is 7.41. The van der Waals surface area contributed by atoms with Crippen LogP contribution in [0.4, 0.5) is 0 Å². The van der Waals surface area contributed by atoms with Gasteiger partial charge in [-0.15, -0.1) is 0 Å². The Morgan fingerprint density at radius 1 is 0.778 bits per heavy atom. The average Bonchev–Trinajstić information content (AvgIpc) is 2.75. The van der Waals surface area contributed by atoms with Gasteiger partial charge in [-0.3, -0.25) is 19.6 Å². The second-order valence-electron chi connectivity index (χ2n) is 7.41. The lowest BCUT2D eigenvalue weighted by Gasteiger charge is -2.46. The second kappa shape index (κ2) is 7.42. The van der Waals surface area contributed by atoms with Crippen LogP contribution in [0.1, 0.15) is 46.5 Å². The molecule has 0 radical (unpaired) electrons. The summed E-state index contributed by atoms with van der Waals surface area (Å²) in [6, 6.07) is 3.53. The topological polar surface area (TPSA) is 79.3 Å². The van der Waals surface area contributed by atoms with Gasteiger partial charge < -0.3 is 9.80 Å². The highest BCUT2D eigenvalue weighted by Gasteiger charge is 2.39. The Kier molecular flexibility index (Phi) is 4.83. The minimum absolute atomic E-state index is 0.0387. The van der Waals surface area contributed by atoms with Crippen molar-refractivity contribution in [3.63, 3.8) is 0 Å². The maximum absolute atomic E-state index is 12.6. The van der Waals surface area contributed by atoms with Gasteiger partial charge in [-0.1, -0.05) is 0 Å². The van der Waals surface area contributed by atoms with Crippen molar-refractivity contribution in [3.8, 4) is 0 Å². The first-order valence-corrected chi connectivity index (χ1v) is 9.42. The molecule has 2 saturated heterocycles. The summed E-state index contributed by atoms with van der Waals surface area (Å²) in [5.41, 5.74) is 1.35. The van der Waals surface area contributed by atoms with Gasteiger partial charge in [0, 0.05) is 56.5 Å². The predicted octanol–water partition coefficient (Wildman–Crippen LogP) is 2.03. The Hall–Kier alpha value is -2.83. The molecule has 140 valence electrons. The highest BCUT2D eigenvalue weighted by atomic mass is 16.2. The summed E-state index contributed by atoms with van der Waals surface area (Å²) in [5, 5.41) is 0. The van der Waals surface area contributed by atoms with E-state index in [1.165, 1.54) is 6.20 Å². The van der Waals surface area contributed by atoms with E-state index in [-0.39, 0.29) is 17.2 Å². The molecule has 0 N–H and O–H groups in total. The zero-order valence-electron chi connectivity index (χ0n) is 15.3. The fourth-order valence-electron chi connectivity index (χ4n) is 4.12. The summed E-state index contributed by atoms with van der Waals surface area (Å²) < 4.78 is 0. The summed E-state index contributed by atoms with van der Waals surface area (Å²) in [7, 11) is 0. The first kappa shape index (κ1) is 17.6. The molecule has 4 heterocycles. The first-order valence-electron chi connectivity index (χ1n) is 9.42. The van der Waals surface area contributed by atoms with Gasteiger partial charge in [-0.2, -0.15) is 0 Å². The summed E-state index contributed by atoms with van der Waals surface area (Å²) >= 11 is 0. The molecule has 0 aromatic carbocycles. The third-order valence-corrected chi connectivity index (χ3v) is 5.93. The minimum Gasteiger partial charge on any atom is -0.339 e. The Morgan fingerprint density at radius 2 is 1.37 bits per heavy atom. The van der Waals surface area contributed by atoms with Crippen LogP contribution in [-0.4, -0.2) is 62.7 Å². The van der Waals surface area contributed by atoms with Crippen LogP contribution in [-0.2, 0) is 0 Å². The van der Waals surface area contributed by atoms with Crippen molar-refractivity contribution in [2.24, 2.45) is 5.41 Å². The fraction of sp³-hybridized carbons (Fsp3) is 0.450. The maximum Gasteiger partial charge on any atom is 0.274 e. The lowest BCUT2D eigenvalue weighted by molar-refractivity contribution is 0.0278. The van der Waals surface area contributed by atoms with E-state index in [1.54, 1.807) is 36.9 Å². The number of hydrogen-bond acceptors (Lipinski definition) is 5. The molecule has 0 saturated carbocycles. The quantitative estimate of drug-likeness (QED) is 0.814. The van der Waals surface area contributed by atoms with Gasteiger partial charge in [0.1, 0.15) is 5.69 Å². The van der Waals surface area contributed by atoms with E-state index < -0.39 is 0 Å². The number of rotatable bonds is 2. The van der Waals surface area contributed by atoms with E-state index in [2.05, 4.69) is 15.0 Å². The Labute approximate surface area is 158 Å². The minimum atomic E-state index is -0.0387. The van der Waals surface area contributed by atoms with Crippen molar-refractivity contribution in [1.82, 2.24) is 24.8 Å². The Morgan fingerprint density at radius 3 is 1.93 bits per heavy atom. The lowest BCUT2D eigenvalue weighted by atomic mass is 9.71. The van der Waals surface area contributed by atoms with Crippen molar-refractivity contribution in [1.29, 1.82) is 0 Å². The van der Waals surface area contributed by atoms with Crippen molar-refractivity contribution in [2.75, 3.05) is 26.2 Å². The fourth-order valence-corrected chi connectivity index (χ4v) is 4.12. The van der Waals surface area contributed by atoms with Gasteiger partial charge in [-0.05, 0) is 43.2 Å². The molecule has 2 fully saturated rings. The number of likely N-dealkylation sites (tertiary alicyclic amines) is 2. The molecule has 27 heavy (non-hydrogen) atoms. The van der Waals surface area contributed by atoms with Gasteiger partial charge in [-0.25, -0.2) is 4.98 Å². The number of aromatic nitrogens is 3.